The van der Waals surface area contributed by atoms with Crippen LogP contribution in [0, 0.1) is 0 Å². The highest BCUT2D eigenvalue weighted by Crippen LogP contribution is 2.33. The van der Waals surface area contributed by atoms with Crippen molar-refractivity contribution in [2.45, 2.75) is 25.6 Å². The number of hydrogen-bond acceptors (Lipinski definition) is 5. The molecule has 10 heteroatoms. The Morgan fingerprint density at radius 3 is 2.55 bits per heavy atom. The predicted molar refractivity (Wildman–Crippen MR) is 146 cm³/mol. The van der Waals surface area contributed by atoms with E-state index in [0.29, 0.717) is 28.0 Å². The van der Waals surface area contributed by atoms with Gasteiger partial charge in [-0.1, -0.05) is 72.5 Å². The summed E-state index contributed by atoms with van der Waals surface area (Å²) in [6.07, 6.45) is -2.43. The Morgan fingerprint density at radius 1 is 1.03 bits per heavy atom. The van der Waals surface area contributed by atoms with Crippen LogP contribution in [0.5, 0.6) is 5.75 Å². The van der Waals surface area contributed by atoms with Crippen molar-refractivity contribution in [2.24, 2.45) is 0 Å². The number of anilines is 1. The van der Waals surface area contributed by atoms with E-state index in [4.69, 9.17) is 17.0 Å². The maximum atomic E-state index is 12.9. The van der Waals surface area contributed by atoms with Crippen molar-refractivity contribution in [3.8, 4) is 5.75 Å². The van der Waals surface area contributed by atoms with Gasteiger partial charge in [-0.2, -0.15) is 13.2 Å². The summed E-state index contributed by atoms with van der Waals surface area (Å²) in [6, 6.07) is 21.6. The van der Waals surface area contributed by atoms with Crippen molar-refractivity contribution in [3.63, 3.8) is 0 Å². The molecule has 38 heavy (non-hydrogen) atoms. The SMILES string of the molecule is O=C(CCCN1C(=O)/C(=C/c2cccc(OCc3ccccc3)c2)SC1=S)Nc1cccc(C(F)(F)F)c1. The molecule has 1 aliphatic rings. The number of alkyl halides is 3. The minimum Gasteiger partial charge on any atom is -0.489 e. The van der Waals surface area contributed by atoms with Crippen LogP contribution in [-0.4, -0.2) is 27.6 Å². The number of carbonyl (C=O) groups excluding carboxylic acids is 2. The van der Waals surface area contributed by atoms with Crippen LogP contribution in [0.3, 0.4) is 0 Å². The minimum atomic E-state index is -4.49. The van der Waals surface area contributed by atoms with E-state index in [0.717, 1.165) is 23.3 Å². The zero-order valence-electron chi connectivity index (χ0n) is 20.0. The number of halogens is 3. The Hall–Kier alpha value is -3.63. The second-order valence-corrected chi connectivity index (χ2v) is 10.1. The standard InChI is InChI=1S/C28H23F3N2O3S2/c29-28(30,31)21-10-5-11-22(17-21)32-25(34)13-6-14-33-26(35)24(38-27(33)37)16-20-9-4-12-23(15-20)36-18-19-7-2-1-3-8-19/h1-5,7-12,15-17H,6,13-14,18H2,(H,32,34)/b24-16-. The van der Waals surface area contributed by atoms with E-state index in [1.807, 2.05) is 54.6 Å². The zero-order valence-corrected chi connectivity index (χ0v) is 21.7. The molecule has 0 saturated carbocycles. The van der Waals surface area contributed by atoms with Crippen LogP contribution < -0.4 is 10.1 Å². The van der Waals surface area contributed by atoms with E-state index >= 15 is 0 Å². The molecule has 0 spiro atoms. The van der Waals surface area contributed by atoms with Crippen molar-refractivity contribution in [2.75, 3.05) is 11.9 Å². The smallest absolute Gasteiger partial charge is 0.416 e. The predicted octanol–water partition coefficient (Wildman–Crippen LogP) is 6.90. The van der Waals surface area contributed by atoms with E-state index in [1.165, 1.54) is 28.8 Å². The molecule has 3 aromatic carbocycles. The van der Waals surface area contributed by atoms with E-state index in [9.17, 15) is 22.8 Å². The summed E-state index contributed by atoms with van der Waals surface area (Å²) in [5.74, 6) is -0.0311. The molecule has 0 atom stereocenters. The fourth-order valence-electron chi connectivity index (χ4n) is 3.67. The van der Waals surface area contributed by atoms with Gasteiger partial charge in [-0.15, -0.1) is 0 Å². The summed E-state index contributed by atoms with van der Waals surface area (Å²) in [5, 5.41) is 2.47. The Labute approximate surface area is 227 Å². The Morgan fingerprint density at radius 2 is 1.79 bits per heavy atom. The summed E-state index contributed by atoms with van der Waals surface area (Å²) >= 11 is 6.54. The lowest BCUT2D eigenvalue weighted by Crippen LogP contribution is -2.29. The van der Waals surface area contributed by atoms with Crippen LogP contribution in [0.4, 0.5) is 18.9 Å². The van der Waals surface area contributed by atoms with E-state index < -0.39 is 17.6 Å². The number of nitrogens with zero attached hydrogens (tertiary/aromatic N) is 1. The highest BCUT2D eigenvalue weighted by Gasteiger charge is 2.32. The lowest BCUT2D eigenvalue weighted by Gasteiger charge is -2.14. The van der Waals surface area contributed by atoms with Crippen LogP contribution in [0.1, 0.15) is 29.5 Å². The van der Waals surface area contributed by atoms with Gasteiger partial charge >= 0.3 is 6.18 Å². The van der Waals surface area contributed by atoms with Crippen molar-refractivity contribution < 1.29 is 27.5 Å². The summed E-state index contributed by atoms with van der Waals surface area (Å²) in [7, 11) is 0. The fraction of sp³-hybridized carbons (Fsp3) is 0.179. The van der Waals surface area contributed by atoms with Gasteiger partial charge < -0.3 is 10.1 Å². The van der Waals surface area contributed by atoms with Gasteiger partial charge in [-0.05, 0) is 54.0 Å². The highest BCUT2D eigenvalue weighted by molar-refractivity contribution is 8.26. The lowest BCUT2D eigenvalue weighted by molar-refractivity contribution is -0.137. The molecule has 2 amide bonds. The Balaban J connectivity index is 1.30. The van der Waals surface area contributed by atoms with Crippen molar-refractivity contribution in [3.05, 3.63) is 100 Å². The van der Waals surface area contributed by atoms with Gasteiger partial charge in [-0.3, -0.25) is 14.5 Å². The molecule has 0 bridgehead atoms. The monoisotopic (exact) mass is 556 g/mol. The van der Waals surface area contributed by atoms with Crippen molar-refractivity contribution in [1.29, 1.82) is 0 Å². The van der Waals surface area contributed by atoms with Crippen LogP contribution in [-0.2, 0) is 22.4 Å². The second-order valence-electron chi connectivity index (χ2n) is 8.41. The Kier molecular flexibility index (Phi) is 8.85. The molecular formula is C28H23F3N2O3S2. The average Bonchev–Trinajstić information content (AvgIpc) is 3.15. The topological polar surface area (TPSA) is 58.6 Å². The molecule has 1 fully saturated rings. The van der Waals surface area contributed by atoms with Gasteiger partial charge in [0, 0.05) is 18.7 Å². The van der Waals surface area contributed by atoms with Gasteiger partial charge in [0.2, 0.25) is 5.91 Å². The van der Waals surface area contributed by atoms with Gasteiger partial charge in [0.1, 0.15) is 16.7 Å². The maximum Gasteiger partial charge on any atom is 0.416 e. The Bertz CT molecular complexity index is 1360. The summed E-state index contributed by atoms with van der Waals surface area (Å²) in [4.78, 5) is 27.1. The van der Waals surface area contributed by atoms with Crippen LogP contribution in [0.2, 0.25) is 0 Å². The molecule has 1 saturated heterocycles. The first-order chi connectivity index (χ1) is 18.2. The van der Waals surface area contributed by atoms with Gasteiger partial charge in [-0.25, -0.2) is 0 Å². The number of thioether (sulfide) groups is 1. The number of amides is 2. The van der Waals surface area contributed by atoms with Crippen molar-refractivity contribution >= 4 is 51.9 Å². The molecule has 1 aliphatic heterocycles. The van der Waals surface area contributed by atoms with Gasteiger partial charge in [0.15, 0.2) is 0 Å². The molecular weight excluding hydrogens is 533 g/mol. The number of carbonyl (C=O) groups is 2. The van der Waals surface area contributed by atoms with E-state index in [2.05, 4.69) is 5.32 Å². The first kappa shape index (κ1) is 27.4. The van der Waals surface area contributed by atoms with Crippen LogP contribution in [0.15, 0.2) is 83.8 Å². The molecule has 0 radical (unpaired) electrons. The zero-order chi connectivity index (χ0) is 27.1. The van der Waals surface area contributed by atoms with E-state index in [1.54, 1.807) is 6.08 Å². The van der Waals surface area contributed by atoms with Crippen LogP contribution in [0.25, 0.3) is 6.08 Å². The third-order valence-corrected chi connectivity index (χ3v) is 6.91. The van der Waals surface area contributed by atoms with Gasteiger partial charge in [0.25, 0.3) is 5.91 Å². The number of thiocarbonyl (C=S) groups is 1. The number of benzene rings is 3. The fourth-order valence-corrected chi connectivity index (χ4v) is 4.98. The highest BCUT2D eigenvalue weighted by atomic mass is 32.2. The average molecular weight is 557 g/mol. The quantitative estimate of drug-likeness (QED) is 0.229. The molecule has 5 nitrogen and oxygen atoms in total. The largest absolute Gasteiger partial charge is 0.489 e. The van der Waals surface area contributed by atoms with Gasteiger partial charge in [0.05, 0.1) is 10.5 Å². The molecule has 4 rings (SSSR count). The molecule has 0 unspecified atom stereocenters. The number of rotatable bonds is 9. The number of hydrogen-bond donors (Lipinski definition) is 1. The molecule has 3 aromatic rings. The first-order valence-electron chi connectivity index (χ1n) is 11.7. The summed E-state index contributed by atoms with van der Waals surface area (Å²) in [6.45, 7) is 0.645. The minimum absolute atomic E-state index is 0.0210. The molecule has 1 heterocycles. The molecule has 0 aromatic heterocycles. The van der Waals surface area contributed by atoms with Crippen molar-refractivity contribution in [1.82, 2.24) is 4.90 Å². The number of nitrogens with one attached hydrogen (secondary N) is 1. The van der Waals surface area contributed by atoms with E-state index in [-0.39, 0.29) is 24.6 Å². The molecule has 0 aliphatic carbocycles. The summed E-state index contributed by atoms with van der Waals surface area (Å²) in [5.41, 5.74) is 1.06. The van der Waals surface area contributed by atoms with Crippen LogP contribution >= 0.6 is 24.0 Å². The second kappa shape index (κ2) is 12.3. The summed E-state index contributed by atoms with van der Waals surface area (Å²) < 4.78 is 44.8. The third-order valence-electron chi connectivity index (χ3n) is 5.54. The first-order valence-corrected chi connectivity index (χ1v) is 12.9. The number of ether oxygens (including phenoxy) is 1. The molecule has 1 N–H and O–H groups in total. The molecule has 196 valence electrons. The normalized spacial score (nSPS) is 14.7. The maximum absolute atomic E-state index is 12.9. The third kappa shape index (κ3) is 7.45. The lowest BCUT2D eigenvalue weighted by atomic mass is 10.2.